The third kappa shape index (κ3) is 4.64. The van der Waals surface area contributed by atoms with Gasteiger partial charge in [0.15, 0.2) is 0 Å². The second-order valence-corrected chi connectivity index (χ2v) is 8.55. The standard InChI is InChI=1S/C24H26ClN3O4/c1-14(2)31-21-8-6-16(11-20(21)25)24-26-23(27-32-24)19-7-5-17-12-28(13-22(29)30-4)10-9-18(17)15(19)3/h5-8,11,14H,9-10,12-13H2,1-4H3. The molecular formula is C24H26ClN3O4. The molecule has 168 valence electrons. The van der Waals surface area contributed by atoms with Crippen LogP contribution >= 0.6 is 11.6 Å². The van der Waals surface area contributed by atoms with Gasteiger partial charge in [0.05, 0.1) is 24.8 Å². The number of carbonyl (C=O) groups is 1. The van der Waals surface area contributed by atoms with Crippen molar-refractivity contribution in [1.29, 1.82) is 0 Å². The van der Waals surface area contributed by atoms with E-state index in [4.69, 9.17) is 25.6 Å². The highest BCUT2D eigenvalue weighted by atomic mass is 35.5. The molecule has 0 saturated heterocycles. The minimum Gasteiger partial charge on any atom is -0.489 e. The van der Waals surface area contributed by atoms with E-state index in [0.717, 1.165) is 29.7 Å². The first-order valence-electron chi connectivity index (χ1n) is 10.6. The smallest absolute Gasteiger partial charge is 0.319 e. The number of nitrogens with zero attached hydrogens (tertiary/aromatic N) is 3. The van der Waals surface area contributed by atoms with E-state index < -0.39 is 0 Å². The van der Waals surface area contributed by atoms with Gasteiger partial charge in [0, 0.05) is 24.2 Å². The first kappa shape index (κ1) is 22.3. The highest BCUT2D eigenvalue weighted by molar-refractivity contribution is 6.32. The lowest BCUT2D eigenvalue weighted by Gasteiger charge is -2.29. The van der Waals surface area contributed by atoms with E-state index in [2.05, 4.69) is 28.0 Å². The van der Waals surface area contributed by atoms with Crippen LogP contribution in [0, 0.1) is 6.92 Å². The molecule has 0 N–H and O–H groups in total. The zero-order valence-electron chi connectivity index (χ0n) is 18.6. The molecule has 0 atom stereocenters. The van der Waals surface area contributed by atoms with Gasteiger partial charge >= 0.3 is 5.97 Å². The monoisotopic (exact) mass is 455 g/mol. The molecule has 2 aromatic carbocycles. The van der Waals surface area contributed by atoms with E-state index in [1.54, 1.807) is 6.07 Å². The minimum absolute atomic E-state index is 0.0351. The van der Waals surface area contributed by atoms with Gasteiger partial charge in [-0.15, -0.1) is 0 Å². The Morgan fingerprint density at radius 1 is 1.28 bits per heavy atom. The molecule has 32 heavy (non-hydrogen) atoms. The number of hydrogen-bond acceptors (Lipinski definition) is 7. The third-order valence-corrected chi connectivity index (χ3v) is 5.85. The molecule has 4 rings (SSSR count). The van der Waals surface area contributed by atoms with E-state index in [1.807, 2.05) is 32.0 Å². The van der Waals surface area contributed by atoms with Crippen LogP contribution in [0.15, 0.2) is 34.9 Å². The lowest BCUT2D eigenvalue weighted by Crippen LogP contribution is -2.35. The van der Waals surface area contributed by atoms with E-state index in [1.165, 1.54) is 18.2 Å². The summed E-state index contributed by atoms with van der Waals surface area (Å²) < 4.78 is 16.0. The summed E-state index contributed by atoms with van der Waals surface area (Å²) in [7, 11) is 1.41. The Kier molecular flexibility index (Phi) is 6.48. The average Bonchev–Trinajstić information content (AvgIpc) is 3.25. The summed E-state index contributed by atoms with van der Waals surface area (Å²) in [5.74, 6) is 1.34. The summed E-state index contributed by atoms with van der Waals surface area (Å²) >= 11 is 6.36. The van der Waals surface area contributed by atoms with Crippen LogP contribution in [0.2, 0.25) is 5.02 Å². The number of benzene rings is 2. The van der Waals surface area contributed by atoms with Crippen LogP contribution in [-0.4, -0.2) is 47.3 Å². The van der Waals surface area contributed by atoms with Crippen LogP contribution in [0.25, 0.3) is 22.8 Å². The molecule has 0 unspecified atom stereocenters. The second-order valence-electron chi connectivity index (χ2n) is 8.15. The molecule has 1 aliphatic rings. The number of methoxy groups -OCH3 is 1. The highest BCUT2D eigenvalue weighted by Crippen LogP contribution is 2.33. The Labute approximate surface area is 192 Å². The largest absolute Gasteiger partial charge is 0.489 e. The third-order valence-electron chi connectivity index (χ3n) is 5.56. The number of aromatic nitrogens is 2. The van der Waals surface area contributed by atoms with Crippen LogP contribution in [-0.2, 0) is 22.5 Å². The normalized spacial score (nSPS) is 13.8. The molecule has 0 spiro atoms. The molecule has 0 amide bonds. The van der Waals surface area contributed by atoms with Crippen molar-refractivity contribution < 1.29 is 18.8 Å². The van der Waals surface area contributed by atoms with E-state index >= 15 is 0 Å². The minimum atomic E-state index is -0.218. The number of hydrogen-bond donors (Lipinski definition) is 0. The van der Waals surface area contributed by atoms with Crippen LogP contribution in [0.3, 0.4) is 0 Å². The molecule has 0 aliphatic carbocycles. The van der Waals surface area contributed by atoms with E-state index in [9.17, 15) is 4.79 Å². The van der Waals surface area contributed by atoms with Gasteiger partial charge in [-0.1, -0.05) is 28.9 Å². The number of carbonyl (C=O) groups excluding carboxylic acids is 1. The lowest BCUT2D eigenvalue weighted by atomic mass is 9.91. The summed E-state index contributed by atoms with van der Waals surface area (Å²) in [4.78, 5) is 18.3. The van der Waals surface area contributed by atoms with Crippen LogP contribution in [0.1, 0.15) is 30.5 Å². The van der Waals surface area contributed by atoms with Crippen molar-refractivity contribution in [3.8, 4) is 28.6 Å². The molecule has 1 aliphatic heterocycles. The number of esters is 1. The van der Waals surface area contributed by atoms with Crippen molar-refractivity contribution in [1.82, 2.24) is 15.0 Å². The molecule has 0 radical (unpaired) electrons. The van der Waals surface area contributed by atoms with Crippen molar-refractivity contribution in [2.75, 3.05) is 20.2 Å². The quantitative estimate of drug-likeness (QED) is 0.499. The van der Waals surface area contributed by atoms with Crippen molar-refractivity contribution in [3.63, 3.8) is 0 Å². The zero-order chi connectivity index (χ0) is 22.8. The molecule has 2 heterocycles. The SMILES string of the molecule is COC(=O)CN1CCc2c(ccc(-c3noc(-c4ccc(OC(C)C)c(Cl)c4)n3)c2C)C1. The van der Waals surface area contributed by atoms with Crippen molar-refractivity contribution >= 4 is 17.6 Å². The fourth-order valence-electron chi connectivity index (χ4n) is 3.96. The molecule has 3 aromatic rings. The van der Waals surface area contributed by atoms with Crippen LogP contribution < -0.4 is 4.74 Å². The molecule has 0 fully saturated rings. The molecule has 7 nitrogen and oxygen atoms in total. The Morgan fingerprint density at radius 3 is 2.81 bits per heavy atom. The predicted molar refractivity (Wildman–Crippen MR) is 122 cm³/mol. The highest BCUT2D eigenvalue weighted by Gasteiger charge is 2.23. The Bertz CT molecular complexity index is 1140. The Balaban J connectivity index is 1.56. The second kappa shape index (κ2) is 9.30. The number of fused-ring (bicyclic) bond motifs is 1. The molecule has 0 saturated carbocycles. The first-order valence-corrected chi connectivity index (χ1v) is 10.9. The van der Waals surface area contributed by atoms with E-state index in [-0.39, 0.29) is 12.1 Å². The number of rotatable bonds is 6. The molecule has 1 aromatic heterocycles. The van der Waals surface area contributed by atoms with E-state index in [0.29, 0.717) is 35.6 Å². The van der Waals surface area contributed by atoms with Gasteiger partial charge in [-0.3, -0.25) is 9.69 Å². The summed E-state index contributed by atoms with van der Waals surface area (Å²) in [6.45, 7) is 7.79. The average molecular weight is 456 g/mol. The Hall–Kier alpha value is -2.90. The number of halogens is 1. The molecule has 0 bridgehead atoms. The topological polar surface area (TPSA) is 77.7 Å². The van der Waals surface area contributed by atoms with Crippen molar-refractivity contribution in [2.24, 2.45) is 0 Å². The summed E-state index contributed by atoms with van der Waals surface area (Å²) in [6, 6.07) is 9.53. The molecule has 8 heteroatoms. The Morgan fingerprint density at radius 2 is 2.09 bits per heavy atom. The van der Waals surface area contributed by atoms with Gasteiger partial charge in [-0.25, -0.2) is 0 Å². The van der Waals surface area contributed by atoms with Gasteiger partial charge in [-0.2, -0.15) is 4.98 Å². The maximum Gasteiger partial charge on any atom is 0.319 e. The fraction of sp³-hybridized carbons (Fsp3) is 0.375. The van der Waals surface area contributed by atoms with Gasteiger partial charge in [0.1, 0.15) is 5.75 Å². The summed E-state index contributed by atoms with van der Waals surface area (Å²) in [5, 5.41) is 4.70. The summed E-state index contributed by atoms with van der Waals surface area (Å²) in [6.07, 6.45) is 0.886. The predicted octanol–water partition coefficient (Wildman–Crippen LogP) is 4.68. The number of ether oxygens (including phenoxy) is 2. The van der Waals surface area contributed by atoms with Gasteiger partial charge in [0.25, 0.3) is 5.89 Å². The van der Waals surface area contributed by atoms with Gasteiger partial charge in [-0.05, 0) is 62.1 Å². The van der Waals surface area contributed by atoms with Gasteiger partial charge in [0.2, 0.25) is 5.82 Å². The lowest BCUT2D eigenvalue weighted by molar-refractivity contribution is -0.142. The van der Waals surface area contributed by atoms with Gasteiger partial charge < -0.3 is 14.0 Å². The van der Waals surface area contributed by atoms with Crippen molar-refractivity contribution in [3.05, 3.63) is 52.0 Å². The maximum absolute atomic E-state index is 11.6. The van der Waals surface area contributed by atoms with Crippen molar-refractivity contribution in [2.45, 2.75) is 39.8 Å². The summed E-state index contributed by atoms with van der Waals surface area (Å²) in [5.41, 5.74) is 5.28. The maximum atomic E-state index is 11.6. The van der Waals surface area contributed by atoms with Crippen LogP contribution in [0.5, 0.6) is 5.75 Å². The molecular weight excluding hydrogens is 430 g/mol. The fourth-order valence-corrected chi connectivity index (χ4v) is 4.18. The first-order chi connectivity index (χ1) is 15.4. The zero-order valence-corrected chi connectivity index (χ0v) is 19.4. The van der Waals surface area contributed by atoms with Crippen LogP contribution in [0.4, 0.5) is 0 Å².